The van der Waals surface area contributed by atoms with Gasteiger partial charge in [-0.05, 0) is 36.4 Å². The number of benzene rings is 1. The lowest BCUT2D eigenvalue weighted by molar-refractivity contribution is -0.122. The molecular weight excluding hydrogens is 433 g/mol. The molecule has 7 nitrogen and oxygen atoms in total. The van der Waals surface area contributed by atoms with Crippen LogP contribution in [-0.2, 0) is 0 Å². The molecule has 0 aliphatic carbocycles. The van der Waals surface area contributed by atoms with Crippen molar-refractivity contribution in [1.82, 2.24) is 24.9 Å². The molecule has 0 bridgehead atoms. The van der Waals surface area contributed by atoms with E-state index >= 15 is 0 Å². The van der Waals surface area contributed by atoms with Crippen molar-refractivity contribution in [3.63, 3.8) is 0 Å². The monoisotopic (exact) mass is 448 g/mol. The molecular formula is C20H16ClF3N6O. The number of urea groups is 1. The van der Waals surface area contributed by atoms with Crippen LogP contribution in [-0.4, -0.2) is 38.3 Å². The first-order chi connectivity index (χ1) is 14.4. The highest BCUT2D eigenvalue weighted by Crippen LogP contribution is 2.26. The van der Waals surface area contributed by atoms with Crippen LogP contribution in [0.3, 0.4) is 0 Å². The third-order valence-electron chi connectivity index (χ3n) is 4.25. The van der Waals surface area contributed by atoms with Gasteiger partial charge in [0.25, 0.3) is 0 Å². The summed E-state index contributed by atoms with van der Waals surface area (Å²) in [4.78, 5) is 16.1. The van der Waals surface area contributed by atoms with Crippen molar-refractivity contribution in [2.75, 3.05) is 11.9 Å². The summed E-state index contributed by atoms with van der Waals surface area (Å²) in [6.07, 6.45) is 0.649. The average Bonchev–Trinajstić information content (AvgIpc) is 3.16. The number of rotatable bonds is 4. The minimum absolute atomic E-state index is 0. The maximum Gasteiger partial charge on any atom is 0.405 e. The topological polar surface area (TPSA) is 84.2 Å². The zero-order valence-corrected chi connectivity index (χ0v) is 16.6. The number of fused-ring (bicyclic) bond motifs is 1. The van der Waals surface area contributed by atoms with Crippen LogP contribution in [0.5, 0.6) is 0 Å². The number of nitrogens with one attached hydrogen (secondary N) is 2. The highest BCUT2D eigenvalue weighted by Gasteiger charge is 2.27. The lowest BCUT2D eigenvalue weighted by atomic mass is 10.1. The largest absolute Gasteiger partial charge is 0.405 e. The van der Waals surface area contributed by atoms with Gasteiger partial charge in [-0.2, -0.15) is 23.4 Å². The summed E-state index contributed by atoms with van der Waals surface area (Å²) >= 11 is 0. The van der Waals surface area contributed by atoms with Gasteiger partial charge in [-0.25, -0.2) is 9.78 Å². The van der Waals surface area contributed by atoms with E-state index in [0.717, 1.165) is 22.5 Å². The van der Waals surface area contributed by atoms with Crippen LogP contribution in [0.1, 0.15) is 0 Å². The second-order valence-electron chi connectivity index (χ2n) is 6.40. The number of pyridine rings is 1. The summed E-state index contributed by atoms with van der Waals surface area (Å²) in [5.41, 5.74) is 4.14. The molecule has 11 heteroatoms. The molecule has 31 heavy (non-hydrogen) atoms. The number of hydrogen-bond donors (Lipinski definition) is 2. The van der Waals surface area contributed by atoms with Gasteiger partial charge in [0.15, 0.2) is 0 Å². The summed E-state index contributed by atoms with van der Waals surface area (Å²) in [5.74, 6) is 0. The van der Waals surface area contributed by atoms with Gasteiger partial charge in [0.2, 0.25) is 0 Å². The number of carbonyl (C=O) groups is 1. The predicted octanol–water partition coefficient (Wildman–Crippen LogP) is 4.56. The van der Waals surface area contributed by atoms with Gasteiger partial charge in [-0.1, -0.05) is 12.1 Å². The van der Waals surface area contributed by atoms with E-state index in [1.54, 1.807) is 42.0 Å². The Labute approximate surface area is 180 Å². The van der Waals surface area contributed by atoms with Crippen LogP contribution < -0.4 is 10.6 Å². The Balaban J connectivity index is 0.00000272. The molecule has 0 unspecified atom stereocenters. The van der Waals surface area contributed by atoms with Crippen LogP contribution in [0, 0.1) is 0 Å². The van der Waals surface area contributed by atoms with E-state index < -0.39 is 18.8 Å². The van der Waals surface area contributed by atoms with Crippen LogP contribution in [0.15, 0.2) is 67.1 Å². The second kappa shape index (κ2) is 9.00. The van der Waals surface area contributed by atoms with Crippen molar-refractivity contribution in [3.8, 4) is 22.5 Å². The molecule has 160 valence electrons. The summed E-state index contributed by atoms with van der Waals surface area (Å²) in [7, 11) is 0. The molecule has 2 N–H and O–H groups in total. The van der Waals surface area contributed by atoms with Crippen molar-refractivity contribution >= 4 is 29.8 Å². The van der Waals surface area contributed by atoms with E-state index in [1.807, 2.05) is 34.9 Å². The van der Waals surface area contributed by atoms with Crippen LogP contribution in [0.25, 0.3) is 28.2 Å². The van der Waals surface area contributed by atoms with E-state index in [-0.39, 0.29) is 12.4 Å². The number of carbonyl (C=O) groups excluding carboxylic acids is 1. The summed E-state index contributed by atoms with van der Waals surface area (Å²) < 4.78 is 38.6. The Bertz CT molecular complexity index is 1200. The summed E-state index contributed by atoms with van der Waals surface area (Å²) in [6, 6.07) is 13.2. The lowest BCUT2D eigenvalue weighted by Gasteiger charge is -2.11. The standard InChI is InChI=1S/C20H15F3N6O.ClH/c21-20(22,23)12-25-19(30)27-15-4-1-3-14(9-15)17-11-24-18-10-13(6-8-29(17)18)16-5-2-7-26-28-16;/h1-11H,12H2,(H2,25,27,30);1H. The van der Waals surface area contributed by atoms with Gasteiger partial charge in [0.05, 0.1) is 17.6 Å². The molecule has 0 radical (unpaired) electrons. The van der Waals surface area contributed by atoms with Crippen LogP contribution >= 0.6 is 12.4 Å². The van der Waals surface area contributed by atoms with Crippen molar-refractivity contribution < 1.29 is 18.0 Å². The smallest absolute Gasteiger partial charge is 0.329 e. The van der Waals surface area contributed by atoms with Crippen molar-refractivity contribution in [2.45, 2.75) is 6.18 Å². The third kappa shape index (κ3) is 5.28. The Kier molecular flexibility index (Phi) is 6.40. The molecule has 0 aliphatic rings. The van der Waals surface area contributed by atoms with Crippen molar-refractivity contribution in [2.24, 2.45) is 0 Å². The normalized spacial score (nSPS) is 11.1. The number of hydrogen-bond acceptors (Lipinski definition) is 4. The first-order valence-electron chi connectivity index (χ1n) is 8.86. The van der Waals surface area contributed by atoms with Gasteiger partial charge in [0, 0.05) is 29.2 Å². The molecule has 3 aromatic heterocycles. The summed E-state index contributed by atoms with van der Waals surface area (Å²) in [6.45, 7) is -1.40. The van der Waals surface area contributed by atoms with Gasteiger partial charge in [-0.15, -0.1) is 12.4 Å². The molecule has 0 fully saturated rings. The molecule has 0 saturated heterocycles. The first-order valence-corrected chi connectivity index (χ1v) is 8.86. The molecule has 2 amide bonds. The average molecular weight is 449 g/mol. The molecule has 0 aliphatic heterocycles. The zero-order chi connectivity index (χ0) is 21.1. The second-order valence-corrected chi connectivity index (χ2v) is 6.40. The Morgan fingerprint density at radius 2 is 1.90 bits per heavy atom. The van der Waals surface area contributed by atoms with Gasteiger partial charge in [-0.3, -0.25) is 4.40 Å². The number of aromatic nitrogens is 4. The first kappa shape index (κ1) is 22.0. The predicted molar refractivity (Wildman–Crippen MR) is 112 cm³/mol. The third-order valence-corrected chi connectivity index (χ3v) is 4.25. The maximum absolute atomic E-state index is 12.2. The van der Waals surface area contributed by atoms with Gasteiger partial charge >= 0.3 is 12.2 Å². The van der Waals surface area contributed by atoms with Gasteiger partial charge < -0.3 is 10.6 Å². The minimum atomic E-state index is -4.47. The van der Waals surface area contributed by atoms with E-state index in [1.165, 1.54) is 0 Å². The highest BCUT2D eigenvalue weighted by atomic mass is 35.5. The van der Waals surface area contributed by atoms with E-state index in [2.05, 4.69) is 20.5 Å². The Morgan fingerprint density at radius 3 is 2.65 bits per heavy atom. The van der Waals surface area contributed by atoms with E-state index in [4.69, 9.17) is 0 Å². The van der Waals surface area contributed by atoms with E-state index in [0.29, 0.717) is 11.3 Å². The fraction of sp³-hybridized carbons (Fsp3) is 0.100. The SMILES string of the molecule is Cl.O=C(NCC(F)(F)F)Nc1cccc(-c2cnc3cc(-c4cccnn4)ccn23)c1. The molecule has 0 atom stereocenters. The number of nitrogens with zero attached hydrogens (tertiary/aromatic N) is 4. The number of alkyl halides is 3. The number of halogens is 4. The molecule has 3 heterocycles. The molecule has 0 saturated carbocycles. The number of imidazole rings is 1. The number of anilines is 1. The fourth-order valence-electron chi connectivity index (χ4n) is 2.92. The maximum atomic E-state index is 12.2. The van der Waals surface area contributed by atoms with E-state index in [9.17, 15) is 18.0 Å². The fourth-order valence-corrected chi connectivity index (χ4v) is 2.92. The molecule has 0 spiro atoms. The van der Waals surface area contributed by atoms with Crippen molar-refractivity contribution in [3.05, 3.63) is 67.1 Å². The van der Waals surface area contributed by atoms with Crippen LogP contribution in [0.4, 0.5) is 23.7 Å². The highest BCUT2D eigenvalue weighted by molar-refractivity contribution is 5.90. The Morgan fingerprint density at radius 1 is 1.06 bits per heavy atom. The quantitative estimate of drug-likeness (QED) is 0.479. The number of amides is 2. The molecule has 4 aromatic rings. The minimum Gasteiger partial charge on any atom is -0.329 e. The lowest BCUT2D eigenvalue weighted by Crippen LogP contribution is -2.36. The molecule has 4 rings (SSSR count). The molecule has 1 aromatic carbocycles. The van der Waals surface area contributed by atoms with Crippen LogP contribution in [0.2, 0.25) is 0 Å². The van der Waals surface area contributed by atoms with Gasteiger partial charge in [0.1, 0.15) is 12.2 Å². The van der Waals surface area contributed by atoms with Crippen molar-refractivity contribution in [1.29, 1.82) is 0 Å². The zero-order valence-electron chi connectivity index (χ0n) is 15.8. The summed E-state index contributed by atoms with van der Waals surface area (Å²) in [5, 5.41) is 12.1. The Hall–Kier alpha value is -3.66.